The highest BCUT2D eigenvalue weighted by molar-refractivity contribution is 9.09. The van der Waals surface area contributed by atoms with Crippen LogP contribution < -0.4 is 0 Å². The van der Waals surface area contributed by atoms with Crippen LogP contribution in [0.4, 0.5) is 4.39 Å². The van der Waals surface area contributed by atoms with Gasteiger partial charge in [-0.05, 0) is 36.2 Å². The predicted molar refractivity (Wildman–Crippen MR) is 75.5 cm³/mol. The summed E-state index contributed by atoms with van der Waals surface area (Å²) >= 11 is 3.64. The number of hydrogen-bond donors (Lipinski definition) is 0. The van der Waals surface area contributed by atoms with Crippen LogP contribution in [0.5, 0.6) is 0 Å². The fourth-order valence-electron chi connectivity index (χ4n) is 1.86. The molecular weight excluding hydrogens is 293 g/mol. The molecule has 2 atom stereocenters. The average Bonchev–Trinajstić information content (AvgIpc) is 2.41. The van der Waals surface area contributed by atoms with E-state index in [-0.39, 0.29) is 16.6 Å². The van der Waals surface area contributed by atoms with Gasteiger partial charge < -0.3 is 0 Å². The van der Waals surface area contributed by atoms with E-state index in [2.05, 4.69) is 27.8 Å². The lowest BCUT2D eigenvalue weighted by molar-refractivity contribution is 0.613. The Bertz CT molecular complexity index is 527. The highest BCUT2D eigenvalue weighted by atomic mass is 79.9. The molecule has 0 bridgehead atoms. The van der Waals surface area contributed by atoms with Gasteiger partial charge in [-0.2, -0.15) is 0 Å². The summed E-state index contributed by atoms with van der Waals surface area (Å²) in [6, 6.07) is 11.2. The number of aromatic nitrogens is 1. The Hall–Kier alpha value is -1.22. The van der Waals surface area contributed by atoms with Crippen molar-refractivity contribution in [1.29, 1.82) is 0 Å². The van der Waals surface area contributed by atoms with Gasteiger partial charge in [-0.3, -0.25) is 4.98 Å². The lowest BCUT2D eigenvalue weighted by Crippen LogP contribution is -2.04. The lowest BCUT2D eigenvalue weighted by Gasteiger charge is -2.18. The minimum atomic E-state index is -0.162. The Labute approximate surface area is 115 Å². The molecule has 1 heterocycles. The van der Waals surface area contributed by atoms with Gasteiger partial charge in [-0.15, -0.1) is 0 Å². The Balaban J connectivity index is 2.25. The fourth-order valence-corrected chi connectivity index (χ4v) is 2.42. The Kier molecular flexibility index (Phi) is 4.12. The van der Waals surface area contributed by atoms with E-state index in [4.69, 9.17) is 0 Å². The van der Waals surface area contributed by atoms with Crippen LogP contribution in [-0.2, 0) is 0 Å². The molecule has 1 nitrogen and oxygen atoms in total. The summed E-state index contributed by atoms with van der Waals surface area (Å²) in [6.45, 7) is 3.85. The molecule has 0 aliphatic heterocycles. The van der Waals surface area contributed by atoms with Gasteiger partial charge in [0.05, 0.1) is 0 Å². The molecule has 0 saturated heterocycles. The van der Waals surface area contributed by atoms with Crippen LogP contribution in [0.15, 0.2) is 42.6 Å². The zero-order valence-corrected chi connectivity index (χ0v) is 12.0. The van der Waals surface area contributed by atoms with Gasteiger partial charge in [0, 0.05) is 22.6 Å². The first-order chi connectivity index (χ1) is 8.59. The molecule has 0 radical (unpaired) electrons. The third-order valence-electron chi connectivity index (χ3n) is 3.11. The molecule has 1 aromatic carbocycles. The number of pyridine rings is 1. The second-order valence-corrected chi connectivity index (χ2v) is 5.44. The summed E-state index contributed by atoms with van der Waals surface area (Å²) in [7, 11) is 0. The Morgan fingerprint density at radius 3 is 2.61 bits per heavy atom. The standard InChI is InChI=1S/C15H15BrFN/c1-10-6-7-12(9-13(10)17)15(16)11(2)14-5-3-4-8-18-14/h3-9,11,15H,1-2H3. The van der Waals surface area contributed by atoms with Crippen molar-refractivity contribution in [3.05, 3.63) is 65.2 Å². The van der Waals surface area contributed by atoms with E-state index in [1.165, 1.54) is 0 Å². The Morgan fingerprint density at radius 1 is 1.22 bits per heavy atom. The molecule has 0 fully saturated rings. The van der Waals surface area contributed by atoms with Gasteiger partial charge in [0.25, 0.3) is 0 Å². The number of nitrogens with zero attached hydrogens (tertiary/aromatic N) is 1. The second kappa shape index (κ2) is 5.61. The molecule has 0 aliphatic rings. The monoisotopic (exact) mass is 307 g/mol. The normalized spacial score (nSPS) is 14.2. The molecule has 0 spiro atoms. The van der Waals surface area contributed by atoms with E-state index in [0.29, 0.717) is 5.56 Å². The number of rotatable bonds is 3. The third-order valence-corrected chi connectivity index (χ3v) is 4.43. The summed E-state index contributed by atoms with van der Waals surface area (Å²) in [5.74, 6) is 0.0264. The summed E-state index contributed by atoms with van der Waals surface area (Å²) in [4.78, 5) is 4.40. The van der Waals surface area contributed by atoms with E-state index in [1.54, 1.807) is 19.2 Å². The van der Waals surface area contributed by atoms with Crippen LogP contribution >= 0.6 is 15.9 Å². The average molecular weight is 308 g/mol. The molecule has 18 heavy (non-hydrogen) atoms. The zero-order valence-electron chi connectivity index (χ0n) is 10.4. The van der Waals surface area contributed by atoms with Crippen LogP contribution in [0, 0.1) is 12.7 Å². The van der Waals surface area contributed by atoms with Crippen LogP contribution in [0.1, 0.15) is 34.5 Å². The predicted octanol–water partition coefficient (Wildman–Crippen LogP) is 4.77. The molecule has 0 aliphatic carbocycles. The largest absolute Gasteiger partial charge is 0.261 e. The number of benzene rings is 1. The van der Waals surface area contributed by atoms with Crippen molar-refractivity contribution in [2.24, 2.45) is 0 Å². The molecule has 0 N–H and O–H groups in total. The van der Waals surface area contributed by atoms with Crippen LogP contribution in [0.25, 0.3) is 0 Å². The lowest BCUT2D eigenvalue weighted by atomic mass is 9.96. The number of halogens is 2. The van der Waals surface area contributed by atoms with Crippen molar-refractivity contribution >= 4 is 15.9 Å². The van der Waals surface area contributed by atoms with Gasteiger partial charge in [-0.1, -0.05) is 41.1 Å². The molecule has 1 aromatic heterocycles. The second-order valence-electron chi connectivity index (χ2n) is 4.45. The summed E-state index contributed by atoms with van der Waals surface area (Å²) < 4.78 is 13.6. The molecule has 3 heteroatoms. The highest BCUT2D eigenvalue weighted by Crippen LogP contribution is 2.37. The molecule has 0 saturated carbocycles. The van der Waals surface area contributed by atoms with Crippen molar-refractivity contribution in [1.82, 2.24) is 4.98 Å². The van der Waals surface area contributed by atoms with Crippen LogP contribution in [-0.4, -0.2) is 4.98 Å². The maximum absolute atomic E-state index is 13.6. The zero-order chi connectivity index (χ0) is 13.1. The van der Waals surface area contributed by atoms with Crippen LogP contribution in [0.2, 0.25) is 0 Å². The third kappa shape index (κ3) is 2.78. The summed E-state index contributed by atoms with van der Waals surface area (Å²) in [6.07, 6.45) is 1.78. The SMILES string of the molecule is Cc1ccc(C(Br)C(C)c2ccccn2)cc1F. The van der Waals surface area contributed by atoms with E-state index in [1.807, 2.05) is 30.3 Å². The van der Waals surface area contributed by atoms with Gasteiger partial charge >= 0.3 is 0 Å². The minimum Gasteiger partial charge on any atom is -0.261 e. The molecular formula is C15H15BrFN. The summed E-state index contributed by atoms with van der Waals surface area (Å²) in [5, 5.41) is 0. The Morgan fingerprint density at radius 2 is 2.00 bits per heavy atom. The van der Waals surface area contributed by atoms with Gasteiger partial charge in [0.2, 0.25) is 0 Å². The molecule has 2 aromatic rings. The quantitative estimate of drug-likeness (QED) is 0.744. The first-order valence-corrected chi connectivity index (χ1v) is 6.82. The van der Waals surface area contributed by atoms with Crippen molar-refractivity contribution < 1.29 is 4.39 Å². The number of aryl methyl sites for hydroxylation is 1. The van der Waals surface area contributed by atoms with Gasteiger partial charge in [-0.25, -0.2) is 4.39 Å². The molecule has 2 rings (SSSR count). The van der Waals surface area contributed by atoms with Gasteiger partial charge in [0.15, 0.2) is 0 Å². The van der Waals surface area contributed by atoms with Crippen molar-refractivity contribution in [2.45, 2.75) is 24.6 Å². The van der Waals surface area contributed by atoms with E-state index >= 15 is 0 Å². The summed E-state index contributed by atoms with van der Waals surface area (Å²) in [5.41, 5.74) is 2.61. The molecule has 2 unspecified atom stereocenters. The topological polar surface area (TPSA) is 12.9 Å². The van der Waals surface area contributed by atoms with Crippen molar-refractivity contribution in [3.63, 3.8) is 0 Å². The van der Waals surface area contributed by atoms with Crippen molar-refractivity contribution in [2.75, 3.05) is 0 Å². The van der Waals surface area contributed by atoms with E-state index in [0.717, 1.165) is 11.3 Å². The fraction of sp³-hybridized carbons (Fsp3) is 0.267. The number of alkyl halides is 1. The van der Waals surface area contributed by atoms with Gasteiger partial charge in [0.1, 0.15) is 5.82 Å². The van der Waals surface area contributed by atoms with Crippen molar-refractivity contribution in [3.8, 4) is 0 Å². The maximum Gasteiger partial charge on any atom is 0.126 e. The minimum absolute atomic E-state index is 0.0579. The first-order valence-electron chi connectivity index (χ1n) is 5.90. The first kappa shape index (κ1) is 13.2. The smallest absolute Gasteiger partial charge is 0.126 e. The molecule has 94 valence electrons. The number of hydrogen-bond acceptors (Lipinski definition) is 1. The highest BCUT2D eigenvalue weighted by Gasteiger charge is 2.19. The van der Waals surface area contributed by atoms with E-state index in [9.17, 15) is 4.39 Å². The van der Waals surface area contributed by atoms with E-state index < -0.39 is 0 Å². The molecule has 0 amide bonds. The van der Waals surface area contributed by atoms with Crippen LogP contribution in [0.3, 0.4) is 0 Å². The maximum atomic E-state index is 13.6.